The van der Waals surface area contributed by atoms with E-state index >= 15 is 0 Å². The van der Waals surface area contributed by atoms with Gasteiger partial charge < -0.3 is 19.8 Å². The average molecular weight is 185 g/mol. The summed E-state index contributed by atoms with van der Waals surface area (Å²) in [5, 5.41) is 19.4. The largest absolute Gasteiger partial charge is 0.390 e. The predicted molar refractivity (Wildman–Crippen MR) is 45.2 cm³/mol. The molecule has 1 aromatic rings. The van der Waals surface area contributed by atoms with E-state index in [9.17, 15) is 10.1 Å². The molecular formula is C7H11N3O3. The van der Waals surface area contributed by atoms with Crippen LogP contribution in [0.15, 0.2) is 0 Å². The Hall–Kier alpha value is -1.43. The Morgan fingerprint density at radius 1 is 1.69 bits per heavy atom. The van der Waals surface area contributed by atoms with Crippen LogP contribution in [0, 0.1) is 10.1 Å². The minimum Gasteiger partial charge on any atom is -0.390 e. The van der Waals surface area contributed by atoms with Gasteiger partial charge in [0, 0.05) is 13.5 Å². The van der Waals surface area contributed by atoms with Crippen LogP contribution in [0.3, 0.4) is 0 Å². The first-order chi connectivity index (χ1) is 6.11. The molecule has 0 saturated heterocycles. The van der Waals surface area contributed by atoms with Gasteiger partial charge in [-0.1, -0.05) is 6.92 Å². The van der Waals surface area contributed by atoms with E-state index in [1.165, 1.54) is 0 Å². The van der Waals surface area contributed by atoms with Crippen molar-refractivity contribution in [2.75, 3.05) is 0 Å². The lowest BCUT2D eigenvalue weighted by atomic mass is 10.4. The van der Waals surface area contributed by atoms with Crippen LogP contribution in [-0.4, -0.2) is 19.6 Å². The average Bonchev–Trinajstić information content (AvgIpc) is 2.42. The molecule has 0 aliphatic rings. The first-order valence-electron chi connectivity index (χ1n) is 3.91. The first-order valence-corrected chi connectivity index (χ1v) is 3.91. The van der Waals surface area contributed by atoms with Crippen LogP contribution >= 0.6 is 0 Å². The monoisotopic (exact) mass is 185 g/mol. The number of rotatable bonds is 3. The summed E-state index contributed by atoms with van der Waals surface area (Å²) in [6.07, 6.45) is 0.608. The fourth-order valence-corrected chi connectivity index (χ4v) is 1.21. The molecule has 1 rings (SSSR count). The maximum atomic E-state index is 10.5. The quantitative estimate of drug-likeness (QED) is 0.545. The number of hydrogen-bond donors (Lipinski definition) is 1. The first kappa shape index (κ1) is 9.66. The van der Waals surface area contributed by atoms with E-state index in [1.807, 2.05) is 6.92 Å². The van der Waals surface area contributed by atoms with Gasteiger partial charge >= 0.3 is 5.82 Å². The summed E-state index contributed by atoms with van der Waals surface area (Å²) in [4.78, 5) is 13.7. The van der Waals surface area contributed by atoms with Gasteiger partial charge in [-0.3, -0.25) is 0 Å². The van der Waals surface area contributed by atoms with Gasteiger partial charge in [0.2, 0.25) is 5.82 Å². The van der Waals surface area contributed by atoms with Crippen LogP contribution in [-0.2, 0) is 20.1 Å². The Kier molecular flexibility index (Phi) is 2.62. The summed E-state index contributed by atoms with van der Waals surface area (Å²) in [5.74, 6) is 0.359. The fourth-order valence-electron chi connectivity index (χ4n) is 1.21. The summed E-state index contributed by atoms with van der Waals surface area (Å²) in [5.41, 5.74) is 0.252. The Bertz CT molecular complexity index is 332. The van der Waals surface area contributed by atoms with E-state index < -0.39 is 4.92 Å². The highest BCUT2D eigenvalue weighted by molar-refractivity contribution is 5.29. The van der Waals surface area contributed by atoms with Crippen LogP contribution in [0.2, 0.25) is 0 Å². The molecule has 0 bridgehead atoms. The molecule has 0 unspecified atom stereocenters. The second-order valence-corrected chi connectivity index (χ2v) is 2.63. The molecule has 0 aromatic carbocycles. The third-order valence-electron chi connectivity index (χ3n) is 1.92. The van der Waals surface area contributed by atoms with Crippen molar-refractivity contribution in [3.63, 3.8) is 0 Å². The smallest absolute Gasteiger partial charge is 0.387 e. The molecule has 0 fully saturated rings. The molecule has 0 spiro atoms. The number of imidazole rings is 1. The standard InChI is InChI=1S/C7H11N3O3/c1-3-6-8-7(10(12)13)5(4-11)9(6)2/h11H,3-4H2,1-2H3. The third kappa shape index (κ3) is 1.52. The molecule has 0 saturated carbocycles. The molecule has 1 N–H and O–H groups in total. The van der Waals surface area contributed by atoms with Crippen LogP contribution < -0.4 is 0 Å². The molecule has 1 aromatic heterocycles. The van der Waals surface area contributed by atoms with Crippen LogP contribution in [0.1, 0.15) is 18.4 Å². The maximum Gasteiger partial charge on any atom is 0.387 e. The van der Waals surface area contributed by atoms with Gasteiger partial charge in [0.05, 0.1) is 6.61 Å². The molecule has 0 aliphatic carbocycles. The van der Waals surface area contributed by atoms with E-state index in [-0.39, 0.29) is 18.1 Å². The lowest BCUT2D eigenvalue weighted by Crippen LogP contribution is -2.01. The number of nitro groups is 1. The normalized spacial score (nSPS) is 10.4. The van der Waals surface area contributed by atoms with Crippen molar-refractivity contribution >= 4 is 5.82 Å². The van der Waals surface area contributed by atoms with Crippen LogP contribution in [0.4, 0.5) is 5.82 Å². The molecule has 72 valence electrons. The Morgan fingerprint density at radius 3 is 2.62 bits per heavy atom. The van der Waals surface area contributed by atoms with E-state index in [2.05, 4.69) is 4.98 Å². The number of aromatic nitrogens is 2. The van der Waals surface area contributed by atoms with Crippen molar-refractivity contribution in [2.24, 2.45) is 7.05 Å². The van der Waals surface area contributed by atoms with Crippen LogP contribution in [0.25, 0.3) is 0 Å². The van der Waals surface area contributed by atoms with Gasteiger partial charge in [-0.15, -0.1) is 0 Å². The zero-order valence-corrected chi connectivity index (χ0v) is 7.52. The predicted octanol–water partition coefficient (Wildman–Crippen LogP) is 0.383. The van der Waals surface area contributed by atoms with E-state index in [1.54, 1.807) is 11.6 Å². The highest BCUT2D eigenvalue weighted by Crippen LogP contribution is 2.18. The molecule has 13 heavy (non-hydrogen) atoms. The second kappa shape index (κ2) is 3.53. The number of hydrogen-bond acceptors (Lipinski definition) is 4. The minimum absolute atomic E-state index is 0.248. The number of aliphatic hydroxyl groups excluding tert-OH is 1. The van der Waals surface area contributed by atoms with Gasteiger partial charge in [-0.25, -0.2) is 0 Å². The summed E-state index contributed by atoms with van der Waals surface area (Å²) in [7, 11) is 1.66. The van der Waals surface area contributed by atoms with E-state index in [0.29, 0.717) is 12.2 Å². The zero-order chi connectivity index (χ0) is 10.0. The number of aliphatic hydroxyl groups is 1. The van der Waals surface area contributed by atoms with E-state index in [0.717, 1.165) is 0 Å². The molecule has 0 radical (unpaired) electrons. The van der Waals surface area contributed by atoms with Gasteiger partial charge in [-0.05, 0) is 9.91 Å². The van der Waals surface area contributed by atoms with Gasteiger partial charge in [0.1, 0.15) is 5.69 Å². The van der Waals surface area contributed by atoms with Crippen molar-refractivity contribution in [3.05, 3.63) is 21.6 Å². The second-order valence-electron chi connectivity index (χ2n) is 2.63. The Balaban J connectivity index is 3.27. The summed E-state index contributed by atoms with van der Waals surface area (Å²) in [6, 6.07) is 0. The van der Waals surface area contributed by atoms with Crippen molar-refractivity contribution in [3.8, 4) is 0 Å². The summed E-state index contributed by atoms with van der Waals surface area (Å²) >= 11 is 0. The van der Waals surface area contributed by atoms with Crippen molar-refractivity contribution in [1.82, 2.24) is 9.55 Å². The number of nitrogens with zero attached hydrogens (tertiary/aromatic N) is 3. The maximum absolute atomic E-state index is 10.5. The van der Waals surface area contributed by atoms with Gasteiger partial charge in [0.25, 0.3) is 0 Å². The highest BCUT2D eigenvalue weighted by Gasteiger charge is 2.23. The lowest BCUT2D eigenvalue weighted by molar-refractivity contribution is -0.390. The molecule has 6 nitrogen and oxygen atoms in total. The third-order valence-corrected chi connectivity index (χ3v) is 1.92. The zero-order valence-electron chi connectivity index (χ0n) is 7.52. The molecular weight excluding hydrogens is 174 g/mol. The van der Waals surface area contributed by atoms with Crippen molar-refractivity contribution in [2.45, 2.75) is 20.0 Å². The number of aryl methyl sites for hydroxylation is 1. The minimum atomic E-state index is -0.579. The Labute approximate surface area is 75.0 Å². The summed E-state index contributed by atoms with van der Waals surface area (Å²) < 4.78 is 1.55. The SMILES string of the molecule is CCc1nc([N+](=O)[O-])c(CO)n1C. The molecule has 0 amide bonds. The van der Waals surface area contributed by atoms with Gasteiger partial charge in [0.15, 0.2) is 0 Å². The lowest BCUT2D eigenvalue weighted by Gasteiger charge is -1.97. The fraction of sp³-hybridized carbons (Fsp3) is 0.571. The molecule has 1 heterocycles. The van der Waals surface area contributed by atoms with E-state index in [4.69, 9.17) is 5.11 Å². The van der Waals surface area contributed by atoms with Crippen molar-refractivity contribution < 1.29 is 10.0 Å². The molecule has 0 aliphatic heterocycles. The topological polar surface area (TPSA) is 81.2 Å². The van der Waals surface area contributed by atoms with Gasteiger partial charge in [-0.2, -0.15) is 0 Å². The van der Waals surface area contributed by atoms with Crippen LogP contribution in [0.5, 0.6) is 0 Å². The molecule has 0 atom stereocenters. The highest BCUT2D eigenvalue weighted by atomic mass is 16.6. The van der Waals surface area contributed by atoms with Crippen molar-refractivity contribution in [1.29, 1.82) is 0 Å². The Morgan fingerprint density at radius 2 is 2.31 bits per heavy atom. The summed E-state index contributed by atoms with van der Waals surface area (Å²) in [6.45, 7) is 1.49. The molecule has 6 heteroatoms.